The number of benzene rings is 3. The average molecular weight is 384 g/mol. The molecule has 0 aliphatic rings. The summed E-state index contributed by atoms with van der Waals surface area (Å²) in [6.07, 6.45) is 1.68. The highest BCUT2D eigenvalue weighted by Gasteiger charge is 2.03. The molecule has 0 saturated heterocycles. The maximum Gasteiger partial charge on any atom is 0.191 e. The third-order valence-corrected chi connectivity index (χ3v) is 4.75. The lowest BCUT2D eigenvalue weighted by atomic mass is 10.1. The highest BCUT2D eigenvalue weighted by atomic mass is 16.5. The van der Waals surface area contributed by atoms with E-state index >= 15 is 0 Å². The second-order valence-electron chi connectivity index (χ2n) is 7.10. The van der Waals surface area contributed by atoms with Crippen molar-refractivity contribution in [3.63, 3.8) is 0 Å². The Balaban J connectivity index is 1.29. The van der Waals surface area contributed by atoms with Crippen LogP contribution in [-0.4, -0.2) is 4.98 Å². The number of nitrogens with zero attached hydrogens (tertiary/aromatic N) is 1. The first kappa shape index (κ1) is 18.8. The van der Waals surface area contributed by atoms with Crippen LogP contribution in [0.3, 0.4) is 0 Å². The Kier molecular flexibility index (Phi) is 5.61. The smallest absolute Gasteiger partial charge is 0.191 e. The van der Waals surface area contributed by atoms with Gasteiger partial charge in [-0.2, -0.15) is 0 Å². The predicted octanol–water partition coefficient (Wildman–Crippen LogP) is 6.15. The summed E-state index contributed by atoms with van der Waals surface area (Å²) in [6, 6.07) is 24.8. The molecule has 1 aromatic heterocycles. The third-order valence-electron chi connectivity index (χ3n) is 4.75. The molecule has 146 valence electrons. The number of aryl methyl sites for hydroxylation is 2. The Hall–Kier alpha value is -3.53. The second-order valence-corrected chi connectivity index (χ2v) is 7.10. The zero-order chi connectivity index (χ0) is 20.1. The summed E-state index contributed by atoms with van der Waals surface area (Å²) < 4.78 is 11.1. The van der Waals surface area contributed by atoms with E-state index in [1.54, 1.807) is 6.26 Å². The monoisotopic (exact) mass is 384 g/mol. The number of hydrogen-bond donors (Lipinski definition) is 1. The minimum atomic E-state index is 0.579. The number of hydrogen-bond acceptors (Lipinski definition) is 4. The molecule has 0 fully saturated rings. The quantitative estimate of drug-likeness (QED) is 0.415. The molecule has 4 rings (SSSR count). The minimum Gasteiger partial charge on any atom is -0.489 e. The standard InChI is InChI=1S/C25H24N2O2/c1-18-3-5-21(6-4-18)16-29-24-13-7-20(8-14-24)15-26-23-11-9-22(10-12-23)25-17-28-19(2)27-25/h3-14,17,26H,15-16H2,1-2H3. The average Bonchev–Trinajstić information content (AvgIpc) is 3.19. The molecule has 0 spiro atoms. The van der Waals surface area contributed by atoms with Crippen molar-refractivity contribution in [2.45, 2.75) is 27.0 Å². The summed E-state index contributed by atoms with van der Waals surface area (Å²) in [5, 5.41) is 3.44. The summed E-state index contributed by atoms with van der Waals surface area (Å²) >= 11 is 0. The molecular weight excluding hydrogens is 360 g/mol. The summed E-state index contributed by atoms with van der Waals surface area (Å²) in [4.78, 5) is 4.35. The van der Waals surface area contributed by atoms with Crippen molar-refractivity contribution >= 4 is 5.69 Å². The maximum absolute atomic E-state index is 5.87. The van der Waals surface area contributed by atoms with Gasteiger partial charge < -0.3 is 14.5 Å². The molecule has 0 aliphatic heterocycles. The number of anilines is 1. The van der Waals surface area contributed by atoms with Crippen molar-refractivity contribution < 1.29 is 9.15 Å². The van der Waals surface area contributed by atoms with Crippen LogP contribution in [0.25, 0.3) is 11.3 Å². The van der Waals surface area contributed by atoms with Crippen LogP contribution in [0, 0.1) is 13.8 Å². The van der Waals surface area contributed by atoms with Gasteiger partial charge in [-0.1, -0.05) is 54.1 Å². The van der Waals surface area contributed by atoms with E-state index in [9.17, 15) is 0 Å². The normalized spacial score (nSPS) is 10.7. The number of aromatic nitrogens is 1. The van der Waals surface area contributed by atoms with Crippen molar-refractivity contribution in [3.8, 4) is 17.0 Å². The summed E-state index contributed by atoms with van der Waals surface area (Å²) in [5.74, 6) is 1.55. The van der Waals surface area contributed by atoms with Crippen LogP contribution in [0.5, 0.6) is 5.75 Å². The van der Waals surface area contributed by atoms with E-state index in [1.807, 2.05) is 31.2 Å². The van der Waals surface area contributed by atoms with Gasteiger partial charge in [0.1, 0.15) is 24.3 Å². The Labute approximate surface area is 171 Å². The van der Waals surface area contributed by atoms with E-state index in [0.717, 1.165) is 29.2 Å². The molecule has 0 atom stereocenters. The summed E-state index contributed by atoms with van der Waals surface area (Å²) in [6.45, 7) is 5.26. The third kappa shape index (κ3) is 5.05. The van der Waals surface area contributed by atoms with Crippen LogP contribution >= 0.6 is 0 Å². The van der Waals surface area contributed by atoms with Crippen LogP contribution in [0.2, 0.25) is 0 Å². The fourth-order valence-electron chi connectivity index (χ4n) is 3.01. The molecule has 4 nitrogen and oxygen atoms in total. The van der Waals surface area contributed by atoms with E-state index in [2.05, 4.69) is 65.8 Å². The fourth-order valence-corrected chi connectivity index (χ4v) is 3.01. The molecule has 0 unspecified atom stereocenters. The second kappa shape index (κ2) is 8.65. The van der Waals surface area contributed by atoms with Crippen LogP contribution in [-0.2, 0) is 13.2 Å². The van der Waals surface area contributed by atoms with Gasteiger partial charge in [0, 0.05) is 24.7 Å². The first-order valence-corrected chi connectivity index (χ1v) is 9.69. The molecule has 1 heterocycles. The molecule has 0 aliphatic carbocycles. The van der Waals surface area contributed by atoms with Crippen LogP contribution < -0.4 is 10.1 Å². The largest absolute Gasteiger partial charge is 0.489 e. The van der Waals surface area contributed by atoms with E-state index in [1.165, 1.54) is 16.7 Å². The zero-order valence-electron chi connectivity index (χ0n) is 16.7. The van der Waals surface area contributed by atoms with Crippen LogP contribution in [0.4, 0.5) is 5.69 Å². The first-order valence-electron chi connectivity index (χ1n) is 9.69. The van der Waals surface area contributed by atoms with Crippen LogP contribution in [0.1, 0.15) is 22.6 Å². The van der Waals surface area contributed by atoms with Gasteiger partial charge in [-0.15, -0.1) is 0 Å². The van der Waals surface area contributed by atoms with E-state index in [-0.39, 0.29) is 0 Å². The Bertz CT molecular complexity index is 1050. The summed E-state index contributed by atoms with van der Waals surface area (Å²) in [7, 11) is 0. The molecule has 1 N–H and O–H groups in total. The predicted molar refractivity (Wildman–Crippen MR) is 116 cm³/mol. The SMILES string of the molecule is Cc1ccc(COc2ccc(CNc3ccc(-c4coc(C)n4)cc3)cc2)cc1. The maximum atomic E-state index is 5.87. The topological polar surface area (TPSA) is 47.3 Å². The summed E-state index contributed by atoms with van der Waals surface area (Å²) in [5.41, 5.74) is 6.59. The van der Waals surface area contributed by atoms with Crippen molar-refractivity contribution in [2.24, 2.45) is 0 Å². The van der Waals surface area contributed by atoms with Gasteiger partial charge in [0.05, 0.1) is 0 Å². The minimum absolute atomic E-state index is 0.579. The molecule has 4 aromatic rings. The van der Waals surface area contributed by atoms with Gasteiger partial charge in [0.25, 0.3) is 0 Å². The molecule has 0 amide bonds. The highest BCUT2D eigenvalue weighted by Crippen LogP contribution is 2.21. The molecule has 29 heavy (non-hydrogen) atoms. The molecule has 0 bridgehead atoms. The lowest BCUT2D eigenvalue weighted by Gasteiger charge is -2.09. The van der Waals surface area contributed by atoms with Crippen molar-refractivity contribution in [2.75, 3.05) is 5.32 Å². The lowest BCUT2D eigenvalue weighted by molar-refractivity contribution is 0.306. The van der Waals surface area contributed by atoms with Gasteiger partial charge in [0.2, 0.25) is 0 Å². The number of nitrogens with one attached hydrogen (secondary N) is 1. The molecule has 4 heteroatoms. The van der Waals surface area contributed by atoms with Gasteiger partial charge in [-0.05, 0) is 42.3 Å². The van der Waals surface area contributed by atoms with Gasteiger partial charge in [0.15, 0.2) is 5.89 Å². The fraction of sp³-hybridized carbons (Fsp3) is 0.160. The Morgan fingerprint density at radius 1 is 0.828 bits per heavy atom. The Morgan fingerprint density at radius 2 is 1.52 bits per heavy atom. The van der Waals surface area contributed by atoms with E-state index in [4.69, 9.17) is 9.15 Å². The van der Waals surface area contributed by atoms with Crippen LogP contribution in [0.15, 0.2) is 83.5 Å². The van der Waals surface area contributed by atoms with E-state index < -0.39 is 0 Å². The van der Waals surface area contributed by atoms with Crippen molar-refractivity contribution in [1.29, 1.82) is 0 Å². The van der Waals surface area contributed by atoms with E-state index in [0.29, 0.717) is 12.5 Å². The molecule has 0 radical (unpaired) electrons. The molecule has 3 aromatic carbocycles. The number of oxazole rings is 1. The van der Waals surface area contributed by atoms with Gasteiger partial charge >= 0.3 is 0 Å². The lowest BCUT2D eigenvalue weighted by Crippen LogP contribution is -2.00. The highest BCUT2D eigenvalue weighted by molar-refractivity contribution is 5.61. The number of rotatable bonds is 7. The van der Waals surface area contributed by atoms with Crippen molar-refractivity contribution in [3.05, 3.63) is 102 Å². The van der Waals surface area contributed by atoms with Crippen molar-refractivity contribution in [1.82, 2.24) is 4.98 Å². The molecule has 0 saturated carbocycles. The first-order chi connectivity index (χ1) is 14.2. The van der Waals surface area contributed by atoms with Gasteiger partial charge in [-0.25, -0.2) is 4.98 Å². The Morgan fingerprint density at radius 3 is 2.17 bits per heavy atom. The zero-order valence-corrected chi connectivity index (χ0v) is 16.7. The molecular formula is C25H24N2O2. The van der Waals surface area contributed by atoms with Gasteiger partial charge in [-0.3, -0.25) is 0 Å². The number of ether oxygens (including phenoxy) is 1.